The number of primary amides is 1. The van der Waals surface area contributed by atoms with Crippen molar-refractivity contribution in [2.45, 2.75) is 32.1 Å². The Bertz CT molecular complexity index is 417. The van der Waals surface area contributed by atoms with Crippen molar-refractivity contribution in [1.82, 2.24) is 15.0 Å². The van der Waals surface area contributed by atoms with Gasteiger partial charge < -0.3 is 10.3 Å². The van der Waals surface area contributed by atoms with Crippen LogP contribution in [0.2, 0.25) is 0 Å². The quantitative estimate of drug-likeness (QED) is 0.814. The van der Waals surface area contributed by atoms with Gasteiger partial charge in [-0.25, -0.2) is 0 Å². The van der Waals surface area contributed by atoms with E-state index in [-0.39, 0.29) is 11.3 Å². The third-order valence-corrected chi connectivity index (χ3v) is 3.20. The predicted molar refractivity (Wildman–Crippen MR) is 61.3 cm³/mol. The molecule has 0 saturated carbocycles. The van der Waals surface area contributed by atoms with Gasteiger partial charge in [-0.1, -0.05) is 5.16 Å². The van der Waals surface area contributed by atoms with Gasteiger partial charge in [0, 0.05) is 6.54 Å². The third kappa shape index (κ3) is 2.63. The van der Waals surface area contributed by atoms with Gasteiger partial charge in [0.05, 0.1) is 12.0 Å². The number of hydrogen-bond acceptors (Lipinski definition) is 5. The van der Waals surface area contributed by atoms with E-state index in [1.165, 1.54) is 0 Å². The zero-order valence-corrected chi connectivity index (χ0v) is 10.3. The van der Waals surface area contributed by atoms with Gasteiger partial charge in [0.15, 0.2) is 5.82 Å². The molecule has 0 spiro atoms. The number of amides is 1. The van der Waals surface area contributed by atoms with Gasteiger partial charge in [-0.2, -0.15) is 4.98 Å². The largest absolute Gasteiger partial charge is 0.369 e. The van der Waals surface area contributed by atoms with Crippen molar-refractivity contribution in [3.05, 3.63) is 11.7 Å². The number of rotatable bonds is 3. The zero-order valence-electron chi connectivity index (χ0n) is 10.3. The molecule has 1 unspecified atom stereocenters. The fourth-order valence-corrected chi connectivity index (χ4v) is 2.42. The fourth-order valence-electron chi connectivity index (χ4n) is 2.42. The smallest absolute Gasteiger partial charge is 0.233 e. The lowest BCUT2D eigenvalue weighted by molar-refractivity contribution is -0.119. The van der Waals surface area contributed by atoms with Crippen molar-refractivity contribution in [2.24, 2.45) is 5.73 Å². The molecule has 1 aliphatic heterocycles. The summed E-state index contributed by atoms with van der Waals surface area (Å²) < 4.78 is 5.26. The Morgan fingerprint density at radius 3 is 3.00 bits per heavy atom. The summed E-state index contributed by atoms with van der Waals surface area (Å²) >= 11 is 0. The Balaban J connectivity index is 2.12. The van der Waals surface area contributed by atoms with E-state index in [1.54, 1.807) is 6.92 Å². The van der Waals surface area contributed by atoms with Crippen LogP contribution in [0.25, 0.3) is 0 Å². The summed E-state index contributed by atoms with van der Waals surface area (Å²) in [5.74, 6) is 1.01. The second kappa shape index (κ2) is 4.44. The van der Waals surface area contributed by atoms with Crippen LogP contribution in [0.15, 0.2) is 4.52 Å². The van der Waals surface area contributed by atoms with E-state index in [2.05, 4.69) is 17.1 Å². The lowest BCUT2D eigenvalue weighted by atomic mass is 9.81. The second-order valence-electron chi connectivity index (χ2n) is 4.99. The average Bonchev–Trinajstić information content (AvgIpc) is 2.64. The van der Waals surface area contributed by atoms with Crippen LogP contribution >= 0.6 is 0 Å². The zero-order chi connectivity index (χ0) is 12.5. The van der Waals surface area contributed by atoms with Crippen LogP contribution in [0.5, 0.6) is 0 Å². The summed E-state index contributed by atoms with van der Waals surface area (Å²) in [6.45, 7) is 5.82. The molecular formula is C11H18N4O2. The van der Waals surface area contributed by atoms with Crippen LogP contribution in [-0.2, 0) is 10.2 Å². The first-order valence-corrected chi connectivity index (χ1v) is 5.81. The Labute approximate surface area is 100 Å². The summed E-state index contributed by atoms with van der Waals surface area (Å²) in [4.78, 5) is 17.3. The van der Waals surface area contributed by atoms with Gasteiger partial charge in [-0.15, -0.1) is 0 Å². The van der Waals surface area contributed by atoms with Crippen LogP contribution < -0.4 is 5.73 Å². The molecule has 1 amide bonds. The fraction of sp³-hybridized carbons (Fsp3) is 0.727. The number of carbonyl (C=O) groups excluding carboxylic acids is 1. The van der Waals surface area contributed by atoms with E-state index in [4.69, 9.17) is 10.3 Å². The van der Waals surface area contributed by atoms with Crippen molar-refractivity contribution in [3.63, 3.8) is 0 Å². The van der Waals surface area contributed by atoms with Gasteiger partial charge in [0.25, 0.3) is 0 Å². The lowest BCUT2D eigenvalue weighted by Gasteiger charge is -2.37. The molecule has 1 saturated heterocycles. The highest BCUT2D eigenvalue weighted by Crippen LogP contribution is 2.32. The van der Waals surface area contributed by atoms with Gasteiger partial charge in [0.1, 0.15) is 0 Å². The molecule has 2 rings (SSSR count). The summed E-state index contributed by atoms with van der Waals surface area (Å²) in [7, 11) is 0. The highest BCUT2D eigenvalue weighted by molar-refractivity contribution is 5.75. The topological polar surface area (TPSA) is 85.3 Å². The molecule has 2 heterocycles. The number of piperidine rings is 1. The summed E-state index contributed by atoms with van der Waals surface area (Å²) in [5.41, 5.74) is 5.05. The Morgan fingerprint density at radius 1 is 1.65 bits per heavy atom. The minimum absolute atomic E-state index is 0.172. The van der Waals surface area contributed by atoms with Crippen molar-refractivity contribution in [2.75, 3.05) is 19.6 Å². The van der Waals surface area contributed by atoms with E-state index >= 15 is 0 Å². The molecule has 6 nitrogen and oxygen atoms in total. The Hall–Kier alpha value is -1.43. The minimum atomic E-state index is -0.295. The molecule has 94 valence electrons. The van der Waals surface area contributed by atoms with E-state index in [0.717, 1.165) is 25.9 Å². The molecule has 2 N–H and O–H groups in total. The maximum atomic E-state index is 10.9. The molecule has 1 atom stereocenters. The van der Waals surface area contributed by atoms with Crippen molar-refractivity contribution in [3.8, 4) is 0 Å². The van der Waals surface area contributed by atoms with Crippen molar-refractivity contribution < 1.29 is 9.32 Å². The summed E-state index contributed by atoms with van der Waals surface area (Å²) in [5, 5.41) is 3.83. The molecule has 0 aromatic carbocycles. The van der Waals surface area contributed by atoms with E-state index in [0.29, 0.717) is 18.3 Å². The molecule has 0 aliphatic carbocycles. The molecule has 1 aromatic rings. The van der Waals surface area contributed by atoms with Gasteiger partial charge in [-0.3, -0.25) is 9.69 Å². The summed E-state index contributed by atoms with van der Waals surface area (Å²) in [6.07, 6.45) is 2.00. The van der Waals surface area contributed by atoms with E-state index in [1.807, 2.05) is 4.90 Å². The highest BCUT2D eigenvalue weighted by atomic mass is 16.5. The second-order valence-corrected chi connectivity index (χ2v) is 4.99. The average molecular weight is 238 g/mol. The third-order valence-electron chi connectivity index (χ3n) is 3.20. The van der Waals surface area contributed by atoms with Crippen molar-refractivity contribution in [1.29, 1.82) is 0 Å². The number of aryl methyl sites for hydroxylation is 1. The molecule has 17 heavy (non-hydrogen) atoms. The highest BCUT2D eigenvalue weighted by Gasteiger charge is 2.37. The normalized spacial score (nSPS) is 26.0. The number of hydrogen-bond donors (Lipinski definition) is 1. The van der Waals surface area contributed by atoms with E-state index in [9.17, 15) is 4.79 Å². The Kier molecular flexibility index (Phi) is 3.15. The molecule has 6 heteroatoms. The van der Waals surface area contributed by atoms with Crippen LogP contribution in [0, 0.1) is 6.92 Å². The first-order chi connectivity index (χ1) is 7.99. The first-order valence-electron chi connectivity index (χ1n) is 5.81. The van der Waals surface area contributed by atoms with Crippen molar-refractivity contribution >= 4 is 5.91 Å². The van der Waals surface area contributed by atoms with Gasteiger partial charge >= 0.3 is 0 Å². The predicted octanol–water partition coefficient (Wildman–Crippen LogP) is 0.217. The molecule has 1 aliphatic rings. The molecule has 0 bridgehead atoms. The number of carbonyl (C=O) groups is 1. The lowest BCUT2D eigenvalue weighted by Crippen LogP contribution is -2.47. The summed E-state index contributed by atoms with van der Waals surface area (Å²) in [6, 6.07) is 0. The molecule has 1 aromatic heterocycles. The van der Waals surface area contributed by atoms with Crippen LogP contribution in [0.3, 0.4) is 0 Å². The minimum Gasteiger partial charge on any atom is -0.369 e. The van der Waals surface area contributed by atoms with Crippen LogP contribution in [0.1, 0.15) is 31.5 Å². The SMILES string of the molecule is Cc1noc(C2(C)CCCN(CC(N)=O)C2)n1. The Morgan fingerprint density at radius 2 is 2.41 bits per heavy atom. The number of nitrogens with zero attached hydrogens (tertiary/aromatic N) is 3. The molecule has 0 radical (unpaired) electrons. The van der Waals surface area contributed by atoms with Gasteiger partial charge in [-0.05, 0) is 33.2 Å². The number of nitrogens with two attached hydrogens (primary N) is 1. The number of aromatic nitrogens is 2. The number of likely N-dealkylation sites (tertiary alicyclic amines) is 1. The van der Waals surface area contributed by atoms with Crippen LogP contribution in [0.4, 0.5) is 0 Å². The molecular weight excluding hydrogens is 220 g/mol. The standard InChI is InChI=1S/C11H18N4O2/c1-8-13-10(17-14-8)11(2)4-3-5-15(7-11)6-9(12)16/h3-7H2,1-2H3,(H2,12,16). The van der Waals surface area contributed by atoms with Gasteiger partial charge in [0.2, 0.25) is 11.8 Å². The first kappa shape index (κ1) is 12.0. The maximum Gasteiger partial charge on any atom is 0.233 e. The maximum absolute atomic E-state index is 10.9. The molecule has 1 fully saturated rings. The van der Waals surface area contributed by atoms with Crippen LogP contribution in [-0.4, -0.2) is 40.6 Å². The van der Waals surface area contributed by atoms with E-state index < -0.39 is 0 Å². The monoisotopic (exact) mass is 238 g/mol.